The molecule has 2 heterocycles. The van der Waals surface area contributed by atoms with Crippen molar-refractivity contribution < 1.29 is 22.4 Å². The predicted molar refractivity (Wildman–Crippen MR) is 81.4 cm³/mol. The van der Waals surface area contributed by atoms with Gasteiger partial charge in [-0.05, 0) is 23.8 Å². The molecule has 1 aromatic carbocycles. The molecule has 0 saturated heterocycles. The molecule has 3 aromatic rings. The summed E-state index contributed by atoms with van der Waals surface area (Å²) in [5.41, 5.74) is -0.294. The molecule has 11 heteroatoms. The topological polar surface area (TPSA) is 77.6 Å². The summed E-state index contributed by atoms with van der Waals surface area (Å²) in [7, 11) is 0. The monoisotopic (exact) mass is 368 g/mol. The van der Waals surface area contributed by atoms with Crippen LogP contribution < -0.4 is 5.32 Å². The fourth-order valence-electron chi connectivity index (χ4n) is 2.12. The van der Waals surface area contributed by atoms with Crippen molar-refractivity contribution in [1.29, 1.82) is 0 Å². The Labute approximate surface area is 144 Å². The van der Waals surface area contributed by atoms with Crippen LogP contribution in [0, 0.1) is 5.82 Å². The van der Waals surface area contributed by atoms with Gasteiger partial charge >= 0.3 is 6.18 Å². The van der Waals surface area contributed by atoms with E-state index < -0.39 is 24.3 Å². The van der Waals surface area contributed by atoms with Crippen LogP contribution >= 0.6 is 0 Å². The van der Waals surface area contributed by atoms with E-state index >= 15 is 0 Å². The molecule has 0 fully saturated rings. The van der Waals surface area contributed by atoms with Crippen LogP contribution in [0.3, 0.4) is 0 Å². The predicted octanol–water partition coefficient (Wildman–Crippen LogP) is 2.32. The first kappa shape index (κ1) is 17.6. The first-order chi connectivity index (χ1) is 12.3. The second kappa shape index (κ2) is 6.94. The van der Waals surface area contributed by atoms with Gasteiger partial charge in [-0.1, -0.05) is 12.1 Å². The summed E-state index contributed by atoms with van der Waals surface area (Å²) < 4.78 is 52.6. The van der Waals surface area contributed by atoms with Gasteiger partial charge in [0.25, 0.3) is 0 Å². The lowest BCUT2D eigenvalue weighted by molar-refractivity contribution is -0.141. The summed E-state index contributed by atoms with van der Waals surface area (Å²) in [4.78, 5) is 15.8. The highest BCUT2D eigenvalue weighted by atomic mass is 19.4. The molecule has 0 aliphatic heterocycles. The van der Waals surface area contributed by atoms with Gasteiger partial charge in [-0.3, -0.25) is 14.8 Å². The number of benzene rings is 1. The highest BCUT2D eigenvalue weighted by molar-refractivity contribution is 5.88. The number of halogens is 4. The molecule has 0 unspecified atom stereocenters. The van der Waals surface area contributed by atoms with Gasteiger partial charge in [0.15, 0.2) is 5.69 Å². The molecular formula is C15H12F4N6O. The Morgan fingerprint density at radius 1 is 1.08 bits per heavy atom. The second-order valence-corrected chi connectivity index (χ2v) is 5.34. The lowest BCUT2D eigenvalue weighted by Gasteiger charge is -2.03. The minimum Gasteiger partial charge on any atom is -0.292 e. The Morgan fingerprint density at radius 3 is 2.46 bits per heavy atom. The molecule has 1 amide bonds. The number of rotatable bonds is 5. The number of anilines is 1. The minimum absolute atomic E-state index is 0.000289. The number of nitrogens with one attached hydrogen (secondary N) is 1. The first-order valence-corrected chi connectivity index (χ1v) is 7.34. The Bertz CT molecular complexity index is 900. The molecule has 26 heavy (non-hydrogen) atoms. The second-order valence-electron chi connectivity index (χ2n) is 5.34. The third-order valence-corrected chi connectivity index (χ3v) is 3.28. The molecule has 3 rings (SSSR count). The average Bonchev–Trinajstić information content (AvgIpc) is 3.19. The first-order valence-electron chi connectivity index (χ1n) is 7.34. The Balaban J connectivity index is 1.57. The molecule has 0 spiro atoms. The molecular weight excluding hydrogens is 356 g/mol. The summed E-state index contributed by atoms with van der Waals surface area (Å²) in [5.74, 6) is -0.978. The van der Waals surface area contributed by atoms with E-state index in [0.717, 1.165) is 22.5 Å². The lowest BCUT2D eigenvalue weighted by atomic mass is 10.2. The van der Waals surface area contributed by atoms with E-state index in [2.05, 4.69) is 20.5 Å². The summed E-state index contributed by atoms with van der Waals surface area (Å²) in [6.45, 7) is -0.0974. The number of carbonyl (C=O) groups is 1. The summed E-state index contributed by atoms with van der Waals surface area (Å²) in [6, 6.07) is 6.59. The van der Waals surface area contributed by atoms with Gasteiger partial charge in [0.2, 0.25) is 11.9 Å². The average molecular weight is 368 g/mol. The maximum atomic E-state index is 12.9. The number of carbonyl (C=O) groups excluding carboxylic acids is 1. The Morgan fingerprint density at radius 2 is 1.81 bits per heavy atom. The van der Waals surface area contributed by atoms with E-state index in [1.165, 1.54) is 23.1 Å². The van der Waals surface area contributed by atoms with Crippen molar-refractivity contribution in [2.75, 3.05) is 5.32 Å². The zero-order valence-corrected chi connectivity index (χ0v) is 13.1. The van der Waals surface area contributed by atoms with Crippen LogP contribution in [-0.2, 0) is 24.1 Å². The van der Waals surface area contributed by atoms with E-state index in [1.807, 2.05) is 0 Å². The van der Waals surface area contributed by atoms with Gasteiger partial charge in [0, 0.05) is 6.20 Å². The largest absolute Gasteiger partial charge is 0.435 e. The van der Waals surface area contributed by atoms with Crippen molar-refractivity contribution in [1.82, 2.24) is 24.5 Å². The maximum Gasteiger partial charge on any atom is 0.435 e. The number of hydrogen-bond donors (Lipinski definition) is 1. The summed E-state index contributed by atoms with van der Waals surface area (Å²) in [5, 5.41) is 9.68. The van der Waals surface area contributed by atoms with Gasteiger partial charge in [-0.15, -0.1) is 5.10 Å². The molecule has 2 aromatic heterocycles. The van der Waals surface area contributed by atoms with Gasteiger partial charge in [0.1, 0.15) is 18.7 Å². The highest BCUT2D eigenvalue weighted by Gasteiger charge is 2.33. The van der Waals surface area contributed by atoms with Crippen molar-refractivity contribution in [2.45, 2.75) is 19.3 Å². The Hall–Kier alpha value is -3.24. The fraction of sp³-hybridized carbons (Fsp3) is 0.200. The molecule has 1 N–H and O–H groups in total. The normalized spacial score (nSPS) is 11.5. The number of aromatic nitrogens is 5. The smallest absolute Gasteiger partial charge is 0.292 e. The molecule has 0 aliphatic carbocycles. The van der Waals surface area contributed by atoms with Crippen LogP contribution in [0.15, 0.2) is 42.9 Å². The van der Waals surface area contributed by atoms with Crippen LogP contribution in [0.4, 0.5) is 23.5 Å². The van der Waals surface area contributed by atoms with Crippen molar-refractivity contribution in [3.8, 4) is 0 Å². The van der Waals surface area contributed by atoms with E-state index in [0.29, 0.717) is 6.54 Å². The molecule has 0 aliphatic rings. The maximum absolute atomic E-state index is 12.9. The van der Waals surface area contributed by atoms with Crippen LogP contribution in [-0.4, -0.2) is 30.5 Å². The molecule has 0 saturated carbocycles. The summed E-state index contributed by atoms with van der Waals surface area (Å²) in [6.07, 6.45) is -2.14. The number of alkyl halides is 3. The van der Waals surface area contributed by atoms with Crippen molar-refractivity contribution in [3.63, 3.8) is 0 Å². The summed E-state index contributed by atoms with van der Waals surface area (Å²) >= 11 is 0. The van der Waals surface area contributed by atoms with E-state index in [4.69, 9.17) is 0 Å². The lowest BCUT2D eigenvalue weighted by Crippen LogP contribution is -2.20. The van der Waals surface area contributed by atoms with Gasteiger partial charge in [0.05, 0.1) is 6.54 Å². The molecule has 136 valence electrons. The molecule has 0 atom stereocenters. The van der Waals surface area contributed by atoms with E-state index in [1.54, 1.807) is 12.1 Å². The van der Waals surface area contributed by atoms with Crippen molar-refractivity contribution in [3.05, 3.63) is 59.9 Å². The van der Waals surface area contributed by atoms with Gasteiger partial charge in [-0.2, -0.15) is 18.3 Å². The number of nitrogens with zero attached hydrogens (tertiary/aromatic N) is 5. The van der Waals surface area contributed by atoms with Gasteiger partial charge in [-0.25, -0.2) is 14.1 Å². The van der Waals surface area contributed by atoms with Crippen LogP contribution in [0.2, 0.25) is 0 Å². The standard InChI is InChI=1S/C15H12F4N6O/c16-11-3-1-10(2-4-11)7-25-9-20-14(23-25)21-13(26)8-24-6-5-12(22-24)15(17,18)19/h1-6,9H,7-8H2,(H,21,23,26). The number of amides is 1. The fourth-order valence-corrected chi connectivity index (χ4v) is 2.12. The SMILES string of the molecule is O=C(Cn1ccc(C(F)(F)F)n1)Nc1ncn(Cc2ccc(F)cc2)n1. The quantitative estimate of drug-likeness (QED) is 0.701. The van der Waals surface area contributed by atoms with Crippen molar-refractivity contribution in [2.24, 2.45) is 0 Å². The van der Waals surface area contributed by atoms with Crippen LogP contribution in [0.25, 0.3) is 0 Å². The minimum atomic E-state index is -4.57. The molecule has 7 nitrogen and oxygen atoms in total. The third-order valence-electron chi connectivity index (χ3n) is 3.28. The Kier molecular flexibility index (Phi) is 4.69. The van der Waals surface area contributed by atoms with E-state index in [-0.39, 0.29) is 11.8 Å². The van der Waals surface area contributed by atoms with Crippen LogP contribution in [0.1, 0.15) is 11.3 Å². The van der Waals surface area contributed by atoms with Crippen LogP contribution in [0.5, 0.6) is 0 Å². The zero-order chi connectivity index (χ0) is 18.7. The highest BCUT2D eigenvalue weighted by Crippen LogP contribution is 2.27. The van der Waals surface area contributed by atoms with E-state index in [9.17, 15) is 22.4 Å². The molecule has 0 radical (unpaired) electrons. The van der Waals surface area contributed by atoms with Gasteiger partial charge < -0.3 is 0 Å². The molecule has 0 bridgehead atoms. The third kappa shape index (κ3) is 4.43. The van der Waals surface area contributed by atoms with Crippen molar-refractivity contribution >= 4 is 11.9 Å². The number of hydrogen-bond acceptors (Lipinski definition) is 4. The zero-order valence-electron chi connectivity index (χ0n) is 13.1.